The highest BCUT2D eigenvalue weighted by Gasteiger charge is 2.62. The Labute approximate surface area is 358 Å². The topological polar surface area (TPSA) is 75.6 Å². The smallest absolute Gasteiger partial charge is 0.208 e. The number of hydrogen-bond donors (Lipinski definition) is 1. The van der Waals surface area contributed by atoms with Gasteiger partial charge in [-0.3, -0.25) is 0 Å². The van der Waals surface area contributed by atoms with E-state index >= 15 is 0 Å². The SMILES string of the molecule is CCc1ccc(Cc2cc3c(cc2Cl)OC(C)(O)CC32O[C@H](COCc3ccccc3)[C@@H](OCc3ccccc3)[C@H](OCc3ccccc3)[C@H]2OCc2ccccc2)cc1. The Bertz CT molecular complexity index is 2250. The average Bonchev–Trinajstić information content (AvgIpc) is 3.27. The maximum Gasteiger partial charge on any atom is 0.208 e. The number of ether oxygens (including phenoxy) is 6. The van der Waals surface area contributed by atoms with Gasteiger partial charge in [-0.2, -0.15) is 0 Å². The van der Waals surface area contributed by atoms with Gasteiger partial charge in [0.1, 0.15) is 35.8 Å². The highest BCUT2D eigenvalue weighted by Crippen LogP contribution is 2.54. The molecule has 0 bridgehead atoms. The summed E-state index contributed by atoms with van der Waals surface area (Å²) in [4.78, 5) is 0. The molecule has 60 heavy (non-hydrogen) atoms. The number of rotatable bonds is 16. The largest absolute Gasteiger partial charge is 0.462 e. The third-order valence-corrected chi connectivity index (χ3v) is 11.7. The Balaban J connectivity index is 1.26. The first-order valence-corrected chi connectivity index (χ1v) is 21.2. The van der Waals surface area contributed by atoms with Gasteiger partial charge in [0.05, 0.1) is 33.0 Å². The lowest BCUT2D eigenvalue weighted by molar-refractivity contribution is -0.336. The van der Waals surface area contributed by atoms with Crippen LogP contribution in [0.4, 0.5) is 0 Å². The van der Waals surface area contributed by atoms with E-state index in [0.29, 0.717) is 30.4 Å². The summed E-state index contributed by atoms with van der Waals surface area (Å²) in [7, 11) is 0. The molecule has 1 saturated heterocycles. The van der Waals surface area contributed by atoms with E-state index in [-0.39, 0.29) is 26.2 Å². The van der Waals surface area contributed by atoms with Gasteiger partial charge in [-0.05, 0) is 63.9 Å². The number of aliphatic hydroxyl groups is 1. The molecule has 6 aromatic carbocycles. The Hall–Kier alpha value is -4.83. The van der Waals surface area contributed by atoms with Crippen molar-refractivity contribution in [2.75, 3.05) is 6.61 Å². The van der Waals surface area contributed by atoms with Crippen LogP contribution in [0.2, 0.25) is 5.02 Å². The minimum Gasteiger partial charge on any atom is -0.462 e. The molecule has 0 radical (unpaired) electrons. The zero-order chi connectivity index (χ0) is 41.4. The van der Waals surface area contributed by atoms with Gasteiger partial charge < -0.3 is 33.5 Å². The highest BCUT2D eigenvalue weighted by atomic mass is 35.5. The first-order chi connectivity index (χ1) is 29.3. The van der Waals surface area contributed by atoms with Crippen molar-refractivity contribution in [3.8, 4) is 5.75 Å². The summed E-state index contributed by atoms with van der Waals surface area (Å²) in [5, 5.41) is 12.6. The van der Waals surface area contributed by atoms with Crippen LogP contribution in [0.1, 0.15) is 64.8 Å². The Kier molecular flexibility index (Phi) is 13.4. The van der Waals surface area contributed by atoms with E-state index < -0.39 is 35.8 Å². The number of hydrogen-bond acceptors (Lipinski definition) is 7. The summed E-state index contributed by atoms with van der Waals surface area (Å²) in [5.41, 5.74) is 6.73. The molecule has 0 amide bonds. The third kappa shape index (κ3) is 10.0. The molecule has 1 spiro atoms. The molecule has 6 atom stereocenters. The lowest BCUT2D eigenvalue weighted by atomic mass is 9.73. The van der Waals surface area contributed by atoms with Gasteiger partial charge in [-0.1, -0.05) is 164 Å². The van der Waals surface area contributed by atoms with E-state index in [9.17, 15) is 5.11 Å². The summed E-state index contributed by atoms with van der Waals surface area (Å²) in [6.45, 7) is 5.21. The normalized spacial score (nSPS) is 23.5. The molecule has 2 unspecified atom stereocenters. The Morgan fingerprint density at radius 2 is 1.12 bits per heavy atom. The van der Waals surface area contributed by atoms with Crippen LogP contribution in [0, 0.1) is 0 Å². The highest BCUT2D eigenvalue weighted by molar-refractivity contribution is 6.31. The van der Waals surface area contributed by atoms with Crippen molar-refractivity contribution in [2.45, 2.75) is 95.3 Å². The second kappa shape index (κ2) is 19.3. The fourth-order valence-electron chi connectivity index (χ4n) is 8.43. The van der Waals surface area contributed by atoms with Gasteiger partial charge in [-0.15, -0.1) is 0 Å². The second-order valence-electron chi connectivity index (χ2n) is 16.0. The third-order valence-electron chi connectivity index (χ3n) is 11.4. The van der Waals surface area contributed by atoms with Crippen molar-refractivity contribution in [3.63, 3.8) is 0 Å². The summed E-state index contributed by atoms with van der Waals surface area (Å²) < 4.78 is 41.7. The summed E-state index contributed by atoms with van der Waals surface area (Å²) in [5.74, 6) is -1.25. The lowest BCUT2D eigenvalue weighted by Crippen LogP contribution is -2.68. The molecule has 6 aromatic rings. The molecular weight excluding hydrogens is 772 g/mol. The fraction of sp³-hybridized carbons (Fsp3) is 0.308. The van der Waals surface area contributed by atoms with Gasteiger partial charge >= 0.3 is 0 Å². The van der Waals surface area contributed by atoms with Gasteiger partial charge in [0.2, 0.25) is 5.79 Å². The first-order valence-electron chi connectivity index (χ1n) is 20.9. The van der Waals surface area contributed by atoms with E-state index in [2.05, 4.69) is 37.3 Å². The molecule has 0 saturated carbocycles. The predicted molar refractivity (Wildman–Crippen MR) is 234 cm³/mol. The van der Waals surface area contributed by atoms with E-state index in [1.807, 2.05) is 121 Å². The number of halogens is 1. The van der Waals surface area contributed by atoms with Gasteiger partial charge in [-0.25, -0.2) is 0 Å². The van der Waals surface area contributed by atoms with Crippen LogP contribution in [0.3, 0.4) is 0 Å². The number of aryl methyl sites for hydroxylation is 1. The molecule has 8 heteroatoms. The lowest BCUT2D eigenvalue weighted by Gasteiger charge is -2.56. The minimum absolute atomic E-state index is 0.0323. The van der Waals surface area contributed by atoms with Crippen LogP contribution < -0.4 is 4.74 Å². The molecule has 0 aliphatic carbocycles. The molecule has 7 nitrogen and oxygen atoms in total. The molecule has 1 N–H and O–H groups in total. The molecule has 0 aromatic heterocycles. The molecule has 2 heterocycles. The van der Waals surface area contributed by atoms with Crippen molar-refractivity contribution in [3.05, 3.63) is 207 Å². The van der Waals surface area contributed by atoms with E-state index in [4.69, 9.17) is 40.0 Å². The molecule has 2 aliphatic rings. The van der Waals surface area contributed by atoms with Gasteiger partial charge in [0, 0.05) is 23.9 Å². The maximum absolute atomic E-state index is 12.1. The molecule has 2 aliphatic heterocycles. The maximum atomic E-state index is 12.1. The molecule has 310 valence electrons. The van der Waals surface area contributed by atoms with Crippen molar-refractivity contribution < 1.29 is 33.5 Å². The number of fused-ring (bicyclic) bond motifs is 2. The van der Waals surface area contributed by atoms with Crippen molar-refractivity contribution in [1.82, 2.24) is 0 Å². The average molecular weight is 825 g/mol. The summed E-state index contributed by atoms with van der Waals surface area (Å²) in [6, 6.07) is 52.8. The van der Waals surface area contributed by atoms with Gasteiger partial charge in [0.25, 0.3) is 0 Å². The Morgan fingerprint density at radius 1 is 0.617 bits per heavy atom. The van der Waals surface area contributed by atoms with Crippen LogP contribution in [0.5, 0.6) is 5.75 Å². The van der Waals surface area contributed by atoms with E-state index in [0.717, 1.165) is 45.4 Å². The number of benzene rings is 6. The van der Waals surface area contributed by atoms with Crippen LogP contribution in [-0.2, 0) is 68.6 Å². The first kappa shape index (κ1) is 41.9. The van der Waals surface area contributed by atoms with Crippen LogP contribution >= 0.6 is 11.6 Å². The van der Waals surface area contributed by atoms with Crippen molar-refractivity contribution >= 4 is 11.6 Å². The predicted octanol–water partition coefficient (Wildman–Crippen LogP) is 10.6. The monoisotopic (exact) mass is 824 g/mol. The molecule has 1 fully saturated rings. The van der Waals surface area contributed by atoms with Crippen LogP contribution in [0.15, 0.2) is 158 Å². The second-order valence-corrected chi connectivity index (χ2v) is 16.4. The quantitative estimate of drug-likeness (QED) is 0.104. The zero-order valence-electron chi connectivity index (χ0n) is 34.3. The zero-order valence-corrected chi connectivity index (χ0v) is 35.0. The van der Waals surface area contributed by atoms with Crippen molar-refractivity contribution in [2.24, 2.45) is 0 Å². The molecule has 8 rings (SSSR count). The van der Waals surface area contributed by atoms with E-state index in [1.165, 1.54) is 5.56 Å². The standard InChI is InChI=1S/C52H53ClO7/c1-3-37-24-26-38(27-25-37)28-43-29-44-46(30-45(43)53)59-51(2,54)36-52(44)50(58-34-42-22-14-7-15-23-42)49(57-33-41-20-12-6-13-21-41)48(56-32-40-18-10-5-11-19-40)47(60-52)35-55-31-39-16-8-4-9-17-39/h4-27,29-30,47-50,54H,3,28,31-36H2,1-2H3/t47-,48-,49+,50-,51?,52?/m1/s1. The summed E-state index contributed by atoms with van der Waals surface area (Å²) >= 11 is 7.09. The van der Waals surface area contributed by atoms with Crippen LogP contribution in [0.25, 0.3) is 0 Å². The van der Waals surface area contributed by atoms with Gasteiger partial charge in [0.15, 0.2) is 0 Å². The van der Waals surface area contributed by atoms with Crippen molar-refractivity contribution in [1.29, 1.82) is 0 Å². The Morgan fingerprint density at radius 3 is 1.67 bits per heavy atom. The summed E-state index contributed by atoms with van der Waals surface area (Å²) in [6.07, 6.45) is -1.27. The fourth-order valence-corrected chi connectivity index (χ4v) is 8.66. The van der Waals surface area contributed by atoms with E-state index in [1.54, 1.807) is 13.0 Å². The van der Waals surface area contributed by atoms with Crippen LogP contribution in [-0.4, -0.2) is 41.9 Å². The molecular formula is C52H53ClO7. The minimum atomic E-state index is -1.67.